The molecule has 3 rings (SSSR count). The first-order chi connectivity index (χ1) is 9.17. The summed E-state index contributed by atoms with van der Waals surface area (Å²) in [6.45, 7) is 0. The highest BCUT2D eigenvalue weighted by molar-refractivity contribution is 9.10. The van der Waals surface area contributed by atoms with Gasteiger partial charge < -0.3 is 14.8 Å². The van der Waals surface area contributed by atoms with Crippen molar-refractivity contribution in [1.29, 1.82) is 0 Å². The van der Waals surface area contributed by atoms with Crippen molar-refractivity contribution in [2.75, 3.05) is 7.11 Å². The average Bonchev–Trinajstić information content (AvgIpc) is 2.82. The number of nitrogens with zero attached hydrogens (tertiary/aromatic N) is 1. The van der Waals surface area contributed by atoms with Crippen LogP contribution in [-0.2, 0) is 0 Å². The normalized spacial score (nSPS) is 10.8. The number of hydrogen-bond donors (Lipinski definition) is 2. The number of ether oxygens (including phenoxy) is 1. The molecular formula is C14H11BrN2O2. The monoisotopic (exact) mass is 318 g/mol. The Morgan fingerprint density at radius 1 is 1.21 bits per heavy atom. The largest absolute Gasteiger partial charge is 0.507 e. The van der Waals surface area contributed by atoms with Crippen LogP contribution in [0.4, 0.5) is 0 Å². The van der Waals surface area contributed by atoms with Crippen LogP contribution in [0.1, 0.15) is 0 Å². The van der Waals surface area contributed by atoms with E-state index in [-0.39, 0.29) is 5.75 Å². The van der Waals surface area contributed by atoms with Gasteiger partial charge in [-0.1, -0.05) is 15.9 Å². The minimum Gasteiger partial charge on any atom is -0.507 e. The lowest BCUT2D eigenvalue weighted by Crippen LogP contribution is -1.86. The van der Waals surface area contributed by atoms with Gasteiger partial charge >= 0.3 is 0 Å². The van der Waals surface area contributed by atoms with Crippen molar-refractivity contribution in [2.24, 2.45) is 0 Å². The lowest BCUT2D eigenvalue weighted by Gasteiger charge is -2.04. The van der Waals surface area contributed by atoms with E-state index in [9.17, 15) is 5.11 Å². The van der Waals surface area contributed by atoms with E-state index in [0.29, 0.717) is 17.1 Å². The number of phenols is 1. The van der Waals surface area contributed by atoms with Gasteiger partial charge in [0.15, 0.2) is 0 Å². The number of aromatic amines is 1. The van der Waals surface area contributed by atoms with Gasteiger partial charge in [-0.05, 0) is 36.4 Å². The van der Waals surface area contributed by atoms with E-state index in [4.69, 9.17) is 4.74 Å². The Kier molecular flexibility index (Phi) is 2.91. The number of imidazole rings is 1. The van der Waals surface area contributed by atoms with Crippen LogP contribution >= 0.6 is 15.9 Å². The standard InChI is InChI=1S/C14H11BrN2O2/c1-19-9-3-5-13(18)10(7-9)14-16-11-4-2-8(15)6-12(11)17-14/h2-7,18H,1H3,(H,16,17). The predicted octanol–water partition coefficient (Wildman–Crippen LogP) is 3.71. The summed E-state index contributed by atoms with van der Waals surface area (Å²) >= 11 is 3.42. The fourth-order valence-electron chi connectivity index (χ4n) is 1.94. The summed E-state index contributed by atoms with van der Waals surface area (Å²) in [7, 11) is 1.59. The van der Waals surface area contributed by atoms with Crippen LogP contribution in [0.15, 0.2) is 40.9 Å². The number of hydrogen-bond acceptors (Lipinski definition) is 3. The molecule has 19 heavy (non-hydrogen) atoms. The molecule has 0 bridgehead atoms. The summed E-state index contributed by atoms with van der Waals surface area (Å²) in [6.07, 6.45) is 0. The molecule has 2 aromatic carbocycles. The van der Waals surface area contributed by atoms with Gasteiger partial charge in [0.2, 0.25) is 0 Å². The Labute approximate surface area is 118 Å². The molecule has 0 amide bonds. The Morgan fingerprint density at radius 2 is 2.05 bits per heavy atom. The zero-order valence-electron chi connectivity index (χ0n) is 10.1. The van der Waals surface area contributed by atoms with E-state index in [1.165, 1.54) is 0 Å². The second kappa shape index (κ2) is 4.59. The van der Waals surface area contributed by atoms with Crippen LogP contribution in [0.25, 0.3) is 22.4 Å². The number of halogens is 1. The van der Waals surface area contributed by atoms with Crippen molar-refractivity contribution in [1.82, 2.24) is 9.97 Å². The number of phenolic OH excluding ortho intramolecular Hbond substituents is 1. The summed E-state index contributed by atoms with van der Waals surface area (Å²) in [5.41, 5.74) is 2.37. The highest BCUT2D eigenvalue weighted by Gasteiger charge is 2.11. The van der Waals surface area contributed by atoms with Crippen molar-refractivity contribution in [3.05, 3.63) is 40.9 Å². The molecule has 0 aliphatic rings. The summed E-state index contributed by atoms with van der Waals surface area (Å²) in [6, 6.07) is 10.8. The molecule has 0 fully saturated rings. The van der Waals surface area contributed by atoms with E-state index in [2.05, 4.69) is 25.9 Å². The van der Waals surface area contributed by atoms with Gasteiger partial charge in [-0.25, -0.2) is 4.98 Å². The summed E-state index contributed by atoms with van der Waals surface area (Å²) < 4.78 is 6.14. The molecule has 3 aromatic rings. The number of fused-ring (bicyclic) bond motifs is 1. The lowest BCUT2D eigenvalue weighted by molar-refractivity contribution is 0.412. The molecule has 1 heterocycles. The van der Waals surface area contributed by atoms with Gasteiger partial charge in [0.1, 0.15) is 17.3 Å². The molecule has 4 nitrogen and oxygen atoms in total. The highest BCUT2D eigenvalue weighted by atomic mass is 79.9. The number of aromatic hydroxyl groups is 1. The quantitative estimate of drug-likeness (QED) is 0.757. The molecule has 0 atom stereocenters. The van der Waals surface area contributed by atoms with Crippen LogP contribution < -0.4 is 4.74 Å². The molecular weight excluding hydrogens is 308 g/mol. The molecule has 1 aromatic heterocycles. The Bertz CT molecular complexity index is 752. The minimum absolute atomic E-state index is 0.166. The van der Waals surface area contributed by atoms with Gasteiger partial charge in [-0.15, -0.1) is 0 Å². The number of nitrogens with one attached hydrogen (secondary N) is 1. The second-order valence-corrected chi connectivity index (χ2v) is 5.05. The van der Waals surface area contributed by atoms with Gasteiger partial charge in [0.05, 0.1) is 23.7 Å². The van der Waals surface area contributed by atoms with Gasteiger partial charge in [-0.3, -0.25) is 0 Å². The Balaban J connectivity index is 2.18. The topological polar surface area (TPSA) is 58.1 Å². The predicted molar refractivity (Wildman–Crippen MR) is 77.4 cm³/mol. The van der Waals surface area contributed by atoms with E-state index in [1.807, 2.05) is 18.2 Å². The van der Waals surface area contributed by atoms with Gasteiger partial charge in [-0.2, -0.15) is 0 Å². The van der Waals surface area contributed by atoms with E-state index in [0.717, 1.165) is 15.5 Å². The molecule has 96 valence electrons. The second-order valence-electron chi connectivity index (χ2n) is 4.13. The molecule has 0 spiro atoms. The summed E-state index contributed by atoms with van der Waals surface area (Å²) in [4.78, 5) is 7.66. The third-order valence-corrected chi connectivity index (χ3v) is 3.40. The molecule has 0 saturated heterocycles. The maximum absolute atomic E-state index is 9.94. The molecule has 0 aliphatic heterocycles. The molecule has 0 aliphatic carbocycles. The van der Waals surface area contributed by atoms with E-state index in [1.54, 1.807) is 25.3 Å². The number of methoxy groups -OCH3 is 1. The maximum Gasteiger partial charge on any atom is 0.142 e. The van der Waals surface area contributed by atoms with Crippen molar-refractivity contribution in [3.8, 4) is 22.9 Å². The first-order valence-corrected chi connectivity index (χ1v) is 6.49. The van der Waals surface area contributed by atoms with Crippen molar-refractivity contribution >= 4 is 27.0 Å². The third-order valence-electron chi connectivity index (χ3n) is 2.90. The van der Waals surface area contributed by atoms with Crippen LogP contribution in [-0.4, -0.2) is 22.2 Å². The summed E-state index contributed by atoms with van der Waals surface area (Å²) in [5, 5.41) is 9.94. The zero-order valence-corrected chi connectivity index (χ0v) is 11.7. The maximum atomic E-state index is 9.94. The zero-order chi connectivity index (χ0) is 13.4. The number of rotatable bonds is 2. The number of benzene rings is 2. The molecule has 5 heteroatoms. The number of aromatic nitrogens is 2. The molecule has 0 unspecified atom stereocenters. The fourth-order valence-corrected chi connectivity index (χ4v) is 2.30. The Morgan fingerprint density at radius 3 is 2.84 bits per heavy atom. The van der Waals surface area contributed by atoms with Crippen LogP contribution in [0.3, 0.4) is 0 Å². The van der Waals surface area contributed by atoms with Crippen LogP contribution in [0.5, 0.6) is 11.5 Å². The first kappa shape index (κ1) is 12.0. The fraction of sp³-hybridized carbons (Fsp3) is 0.0714. The average molecular weight is 319 g/mol. The number of H-pyrrole nitrogens is 1. The highest BCUT2D eigenvalue weighted by Crippen LogP contribution is 2.32. The smallest absolute Gasteiger partial charge is 0.142 e. The first-order valence-electron chi connectivity index (χ1n) is 5.70. The van der Waals surface area contributed by atoms with Crippen molar-refractivity contribution in [2.45, 2.75) is 0 Å². The molecule has 2 N–H and O–H groups in total. The Hall–Kier alpha value is -2.01. The van der Waals surface area contributed by atoms with Gasteiger partial charge in [0, 0.05) is 4.47 Å². The third kappa shape index (κ3) is 2.17. The SMILES string of the molecule is COc1ccc(O)c(-c2nc3ccc(Br)cc3[nH]2)c1. The van der Waals surface area contributed by atoms with E-state index >= 15 is 0 Å². The van der Waals surface area contributed by atoms with Crippen LogP contribution in [0.2, 0.25) is 0 Å². The lowest BCUT2D eigenvalue weighted by atomic mass is 10.2. The van der Waals surface area contributed by atoms with Crippen LogP contribution in [0, 0.1) is 0 Å². The van der Waals surface area contributed by atoms with Gasteiger partial charge in [0.25, 0.3) is 0 Å². The molecule has 0 radical (unpaired) electrons. The van der Waals surface area contributed by atoms with Crippen molar-refractivity contribution < 1.29 is 9.84 Å². The van der Waals surface area contributed by atoms with E-state index < -0.39 is 0 Å². The van der Waals surface area contributed by atoms with Crippen molar-refractivity contribution in [3.63, 3.8) is 0 Å². The molecule has 0 saturated carbocycles. The minimum atomic E-state index is 0.166. The summed E-state index contributed by atoms with van der Waals surface area (Å²) in [5.74, 6) is 1.46.